The van der Waals surface area contributed by atoms with Crippen LogP contribution >= 0.6 is 35.2 Å². The largest absolute Gasteiger partial charge is 0.332 e. The Labute approximate surface area is 199 Å². The van der Waals surface area contributed by atoms with Crippen molar-refractivity contribution >= 4 is 62.9 Å². The molecule has 0 spiro atoms. The molecule has 0 fully saturated rings. The second-order valence-corrected chi connectivity index (χ2v) is 8.73. The second kappa shape index (κ2) is 9.56. The number of carbonyl (C=O) groups excluding carboxylic acids is 1. The van der Waals surface area contributed by atoms with Crippen molar-refractivity contribution in [3.05, 3.63) is 70.5 Å². The standard InChI is InChI=1S/C22H19ClN6OS2/c1-3-18-26-27-22-29(18)28-20(32-22)15-8-4-13(2)17(12-15)24-21(31)25-19(30)11-7-14-5-9-16(23)10-6-14/h4-12H,3H2,1-2H3,(H2,24,25,30,31)/b11-7+. The molecule has 0 radical (unpaired) electrons. The van der Waals surface area contributed by atoms with Crippen LogP contribution in [-0.2, 0) is 11.2 Å². The van der Waals surface area contributed by atoms with Crippen molar-refractivity contribution in [2.75, 3.05) is 5.32 Å². The van der Waals surface area contributed by atoms with Crippen LogP contribution in [0.1, 0.15) is 23.9 Å². The van der Waals surface area contributed by atoms with E-state index in [9.17, 15) is 4.79 Å². The molecule has 0 saturated carbocycles. The molecule has 2 N–H and O–H groups in total. The number of halogens is 1. The number of fused-ring (bicyclic) bond motifs is 1. The van der Waals surface area contributed by atoms with Crippen molar-refractivity contribution in [1.82, 2.24) is 25.1 Å². The molecule has 0 atom stereocenters. The molecule has 0 saturated heterocycles. The Morgan fingerprint density at radius 3 is 2.75 bits per heavy atom. The maximum absolute atomic E-state index is 12.2. The van der Waals surface area contributed by atoms with Gasteiger partial charge < -0.3 is 5.32 Å². The van der Waals surface area contributed by atoms with Crippen LogP contribution in [0.25, 0.3) is 21.6 Å². The molecule has 10 heteroatoms. The lowest BCUT2D eigenvalue weighted by atomic mass is 10.1. The summed E-state index contributed by atoms with van der Waals surface area (Å²) in [5.74, 6) is 0.496. The van der Waals surface area contributed by atoms with E-state index in [0.29, 0.717) is 5.02 Å². The van der Waals surface area contributed by atoms with Gasteiger partial charge in [-0.05, 0) is 54.5 Å². The van der Waals surface area contributed by atoms with E-state index in [0.717, 1.165) is 44.6 Å². The summed E-state index contributed by atoms with van der Waals surface area (Å²) >= 11 is 12.7. The third-order valence-electron chi connectivity index (χ3n) is 4.64. The molecular formula is C22H19ClN6OS2. The Balaban J connectivity index is 1.45. The van der Waals surface area contributed by atoms with Crippen LogP contribution in [0, 0.1) is 6.92 Å². The fraction of sp³-hybridized carbons (Fsp3) is 0.136. The Kier molecular flexibility index (Phi) is 6.59. The van der Waals surface area contributed by atoms with Crippen molar-refractivity contribution in [2.24, 2.45) is 0 Å². The van der Waals surface area contributed by atoms with Gasteiger partial charge in [0.1, 0.15) is 5.01 Å². The van der Waals surface area contributed by atoms with Crippen LogP contribution in [0.2, 0.25) is 5.02 Å². The van der Waals surface area contributed by atoms with Crippen LogP contribution in [0.15, 0.2) is 48.5 Å². The van der Waals surface area contributed by atoms with E-state index in [1.54, 1.807) is 22.7 Å². The molecule has 0 aliphatic rings. The Hall–Kier alpha value is -3.14. The smallest absolute Gasteiger partial charge is 0.250 e. The number of aromatic nitrogens is 4. The molecule has 162 valence electrons. The van der Waals surface area contributed by atoms with E-state index in [-0.39, 0.29) is 11.0 Å². The van der Waals surface area contributed by atoms with Gasteiger partial charge >= 0.3 is 0 Å². The number of rotatable bonds is 5. The first kappa shape index (κ1) is 22.1. The summed E-state index contributed by atoms with van der Waals surface area (Å²) in [5.41, 5.74) is 3.56. The number of hydrogen-bond acceptors (Lipinski definition) is 6. The lowest BCUT2D eigenvalue weighted by molar-refractivity contribution is -0.115. The normalized spacial score (nSPS) is 11.2. The van der Waals surface area contributed by atoms with Gasteiger partial charge in [0, 0.05) is 28.8 Å². The molecule has 2 aromatic carbocycles. The minimum atomic E-state index is -0.327. The molecule has 7 nitrogen and oxygen atoms in total. The maximum atomic E-state index is 12.2. The van der Waals surface area contributed by atoms with Gasteiger partial charge in [-0.15, -0.1) is 10.2 Å². The van der Waals surface area contributed by atoms with Crippen molar-refractivity contribution in [1.29, 1.82) is 0 Å². The van der Waals surface area contributed by atoms with Gasteiger partial charge in [-0.1, -0.05) is 54.1 Å². The molecule has 4 rings (SSSR count). The van der Waals surface area contributed by atoms with E-state index in [1.807, 2.05) is 44.2 Å². The number of nitrogens with zero attached hydrogens (tertiary/aromatic N) is 4. The number of nitrogens with one attached hydrogen (secondary N) is 2. The summed E-state index contributed by atoms with van der Waals surface area (Å²) in [6.45, 7) is 3.98. The highest BCUT2D eigenvalue weighted by molar-refractivity contribution is 7.80. The molecular weight excluding hydrogens is 464 g/mol. The van der Waals surface area contributed by atoms with E-state index < -0.39 is 0 Å². The topological polar surface area (TPSA) is 84.2 Å². The van der Waals surface area contributed by atoms with Crippen LogP contribution < -0.4 is 10.6 Å². The summed E-state index contributed by atoms with van der Waals surface area (Å²) in [6.07, 6.45) is 3.87. The highest BCUT2D eigenvalue weighted by atomic mass is 35.5. The zero-order chi connectivity index (χ0) is 22.7. The molecule has 2 aromatic heterocycles. The van der Waals surface area contributed by atoms with Gasteiger partial charge in [-0.25, -0.2) is 0 Å². The fourth-order valence-electron chi connectivity index (χ4n) is 2.94. The number of amides is 1. The van der Waals surface area contributed by atoms with Gasteiger partial charge in [0.05, 0.1) is 0 Å². The second-order valence-electron chi connectivity index (χ2n) is 6.93. The van der Waals surface area contributed by atoms with Gasteiger partial charge in [0.25, 0.3) is 0 Å². The van der Waals surface area contributed by atoms with E-state index >= 15 is 0 Å². The Bertz CT molecular complexity index is 1330. The SMILES string of the molecule is CCc1nnc2sc(-c3ccc(C)c(NC(=S)NC(=O)/C=C/c4ccc(Cl)cc4)c3)nn12. The third-order valence-corrected chi connectivity index (χ3v) is 6.04. The van der Waals surface area contributed by atoms with Crippen molar-refractivity contribution in [3.63, 3.8) is 0 Å². The first-order chi connectivity index (χ1) is 15.4. The fourth-order valence-corrected chi connectivity index (χ4v) is 4.13. The molecule has 1 amide bonds. The minimum absolute atomic E-state index is 0.211. The quantitative estimate of drug-likeness (QED) is 0.311. The number of hydrogen-bond donors (Lipinski definition) is 2. The predicted octanol–water partition coefficient (Wildman–Crippen LogP) is 4.90. The number of benzene rings is 2. The highest BCUT2D eigenvalue weighted by Gasteiger charge is 2.13. The number of thiocarbonyl (C=S) groups is 1. The zero-order valence-electron chi connectivity index (χ0n) is 17.3. The molecule has 0 aliphatic heterocycles. The lowest BCUT2D eigenvalue weighted by Gasteiger charge is -2.12. The molecule has 0 aliphatic carbocycles. The average Bonchev–Trinajstić information content (AvgIpc) is 3.35. The minimum Gasteiger partial charge on any atom is -0.332 e. The lowest BCUT2D eigenvalue weighted by Crippen LogP contribution is -2.33. The van der Waals surface area contributed by atoms with Gasteiger partial charge in [-0.2, -0.15) is 9.61 Å². The molecule has 0 bridgehead atoms. The van der Waals surface area contributed by atoms with Crippen molar-refractivity contribution in [2.45, 2.75) is 20.3 Å². The molecule has 0 unspecified atom stereocenters. The molecule has 2 heterocycles. The number of anilines is 1. The Morgan fingerprint density at radius 1 is 1.22 bits per heavy atom. The Morgan fingerprint density at radius 2 is 2.00 bits per heavy atom. The third kappa shape index (κ3) is 5.01. The van der Waals surface area contributed by atoms with Gasteiger partial charge in [0.2, 0.25) is 10.9 Å². The van der Waals surface area contributed by atoms with Crippen LogP contribution in [0.3, 0.4) is 0 Å². The molecule has 32 heavy (non-hydrogen) atoms. The van der Waals surface area contributed by atoms with Gasteiger partial charge in [-0.3, -0.25) is 10.1 Å². The summed E-state index contributed by atoms with van der Waals surface area (Å²) in [5, 5.41) is 20.4. The van der Waals surface area contributed by atoms with E-state index in [4.69, 9.17) is 23.8 Å². The van der Waals surface area contributed by atoms with E-state index in [1.165, 1.54) is 17.4 Å². The van der Waals surface area contributed by atoms with Crippen LogP contribution in [0.5, 0.6) is 0 Å². The number of aryl methyl sites for hydroxylation is 2. The first-order valence-corrected chi connectivity index (χ1v) is 11.4. The summed E-state index contributed by atoms with van der Waals surface area (Å²) in [7, 11) is 0. The van der Waals surface area contributed by atoms with Crippen molar-refractivity contribution in [3.8, 4) is 10.6 Å². The summed E-state index contributed by atoms with van der Waals surface area (Å²) in [4.78, 5) is 13.0. The summed E-state index contributed by atoms with van der Waals surface area (Å²) in [6, 6.07) is 13.1. The molecule has 4 aromatic rings. The first-order valence-electron chi connectivity index (χ1n) is 9.80. The zero-order valence-corrected chi connectivity index (χ0v) is 19.7. The number of carbonyl (C=O) groups is 1. The van der Waals surface area contributed by atoms with Crippen molar-refractivity contribution < 1.29 is 4.79 Å². The monoisotopic (exact) mass is 482 g/mol. The van der Waals surface area contributed by atoms with Crippen LogP contribution in [-0.4, -0.2) is 30.8 Å². The summed E-state index contributed by atoms with van der Waals surface area (Å²) < 4.78 is 1.77. The van der Waals surface area contributed by atoms with Crippen LogP contribution in [0.4, 0.5) is 5.69 Å². The highest BCUT2D eigenvalue weighted by Crippen LogP contribution is 2.29. The van der Waals surface area contributed by atoms with Gasteiger partial charge in [0.15, 0.2) is 10.9 Å². The predicted molar refractivity (Wildman–Crippen MR) is 133 cm³/mol. The average molecular weight is 483 g/mol. The maximum Gasteiger partial charge on any atom is 0.250 e. The van der Waals surface area contributed by atoms with E-state index in [2.05, 4.69) is 25.9 Å².